The van der Waals surface area contributed by atoms with Crippen molar-refractivity contribution in [3.8, 4) is 0 Å². The van der Waals surface area contributed by atoms with Gasteiger partial charge in [0.15, 0.2) is 5.96 Å². The van der Waals surface area contributed by atoms with Crippen LogP contribution < -0.4 is 10.6 Å². The maximum Gasteiger partial charge on any atom is 0.190 e. The van der Waals surface area contributed by atoms with Gasteiger partial charge in [-0.15, -0.1) is 24.0 Å². The van der Waals surface area contributed by atoms with E-state index >= 15 is 0 Å². The molecule has 1 fully saturated rings. The predicted octanol–water partition coefficient (Wildman–Crippen LogP) is 2.01. The van der Waals surface area contributed by atoms with Crippen molar-refractivity contribution in [1.29, 1.82) is 0 Å². The van der Waals surface area contributed by atoms with E-state index in [1.807, 2.05) is 14.0 Å². The van der Waals surface area contributed by atoms with Gasteiger partial charge in [-0.25, -0.2) is 0 Å². The molecule has 1 rings (SSSR count). The van der Waals surface area contributed by atoms with E-state index in [0.29, 0.717) is 5.41 Å². The van der Waals surface area contributed by atoms with E-state index in [4.69, 9.17) is 9.47 Å². The van der Waals surface area contributed by atoms with Crippen LogP contribution in [0, 0.1) is 5.41 Å². The number of hydrogen-bond donors (Lipinski definition) is 2. The first-order valence-corrected chi connectivity index (χ1v) is 7.27. The highest BCUT2D eigenvalue weighted by atomic mass is 127. The maximum absolute atomic E-state index is 5.45. The fraction of sp³-hybridized carbons (Fsp3) is 0.929. The molecule has 1 saturated carbocycles. The van der Waals surface area contributed by atoms with Crippen molar-refractivity contribution in [2.75, 3.05) is 47.1 Å². The van der Waals surface area contributed by atoms with E-state index in [0.717, 1.165) is 51.7 Å². The molecule has 0 heterocycles. The summed E-state index contributed by atoms with van der Waals surface area (Å²) in [6, 6.07) is 0. The Morgan fingerprint density at radius 1 is 1.25 bits per heavy atom. The zero-order valence-electron chi connectivity index (χ0n) is 13.0. The Balaban J connectivity index is 0.00000361. The molecule has 0 saturated heterocycles. The Bertz CT molecular complexity index is 271. The van der Waals surface area contributed by atoms with Crippen LogP contribution in [0.15, 0.2) is 4.99 Å². The summed E-state index contributed by atoms with van der Waals surface area (Å²) in [5, 5.41) is 6.72. The second-order valence-corrected chi connectivity index (χ2v) is 5.15. The van der Waals surface area contributed by atoms with Crippen LogP contribution in [0.5, 0.6) is 0 Å². The van der Waals surface area contributed by atoms with Gasteiger partial charge >= 0.3 is 0 Å². The molecule has 0 radical (unpaired) electrons. The number of aliphatic imine (C=N–C) groups is 1. The zero-order chi connectivity index (χ0) is 14.0. The minimum atomic E-state index is 0. The van der Waals surface area contributed by atoms with Crippen LogP contribution in [-0.4, -0.2) is 53.0 Å². The van der Waals surface area contributed by atoms with Crippen molar-refractivity contribution in [1.82, 2.24) is 10.6 Å². The molecule has 0 unspecified atom stereocenters. The summed E-state index contributed by atoms with van der Waals surface area (Å²) in [5.41, 5.74) is 0.444. The number of nitrogens with one attached hydrogen (secondary N) is 2. The molecular weight excluding hydrogens is 369 g/mol. The third-order valence-corrected chi connectivity index (χ3v) is 3.61. The van der Waals surface area contributed by atoms with Crippen LogP contribution in [-0.2, 0) is 9.47 Å². The van der Waals surface area contributed by atoms with Gasteiger partial charge in [0, 0.05) is 47.1 Å². The van der Waals surface area contributed by atoms with Gasteiger partial charge in [-0.3, -0.25) is 4.99 Å². The number of nitrogens with zero attached hydrogens (tertiary/aromatic N) is 1. The van der Waals surface area contributed by atoms with Crippen LogP contribution >= 0.6 is 24.0 Å². The van der Waals surface area contributed by atoms with Crippen LogP contribution in [0.1, 0.15) is 32.6 Å². The Kier molecular flexibility index (Phi) is 11.5. The fourth-order valence-corrected chi connectivity index (χ4v) is 2.04. The zero-order valence-corrected chi connectivity index (χ0v) is 15.4. The van der Waals surface area contributed by atoms with E-state index in [9.17, 15) is 0 Å². The molecule has 0 atom stereocenters. The third-order valence-electron chi connectivity index (χ3n) is 3.61. The summed E-state index contributed by atoms with van der Waals surface area (Å²) in [4.78, 5) is 4.24. The van der Waals surface area contributed by atoms with E-state index in [1.54, 1.807) is 7.11 Å². The second-order valence-electron chi connectivity index (χ2n) is 5.15. The number of hydrogen-bond acceptors (Lipinski definition) is 3. The number of rotatable bonds is 10. The molecule has 0 aromatic carbocycles. The Labute approximate surface area is 140 Å². The summed E-state index contributed by atoms with van der Waals surface area (Å²) in [6.07, 6.45) is 4.74. The van der Waals surface area contributed by atoms with E-state index < -0.39 is 0 Å². The van der Waals surface area contributed by atoms with Crippen LogP contribution in [0.4, 0.5) is 0 Å². The minimum Gasteiger partial charge on any atom is -0.385 e. The molecule has 20 heavy (non-hydrogen) atoms. The molecule has 120 valence electrons. The van der Waals surface area contributed by atoms with Crippen molar-refractivity contribution >= 4 is 29.9 Å². The molecule has 1 aliphatic rings. The van der Waals surface area contributed by atoms with E-state index in [1.165, 1.54) is 12.8 Å². The first-order chi connectivity index (χ1) is 9.26. The maximum atomic E-state index is 5.45. The monoisotopic (exact) mass is 399 g/mol. The van der Waals surface area contributed by atoms with Gasteiger partial charge < -0.3 is 20.1 Å². The molecule has 0 amide bonds. The Morgan fingerprint density at radius 2 is 2.00 bits per heavy atom. The lowest BCUT2D eigenvalue weighted by atomic mass is 10.0. The number of methoxy groups -OCH3 is 1. The van der Waals surface area contributed by atoms with Gasteiger partial charge in [0.2, 0.25) is 0 Å². The number of guanidine groups is 1. The van der Waals surface area contributed by atoms with Crippen molar-refractivity contribution in [2.24, 2.45) is 10.4 Å². The van der Waals surface area contributed by atoms with Crippen molar-refractivity contribution in [3.05, 3.63) is 0 Å². The molecule has 0 bridgehead atoms. The smallest absolute Gasteiger partial charge is 0.190 e. The fourth-order valence-electron chi connectivity index (χ4n) is 2.04. The molecular formula is C14H30IN3O2. The van der Waals surface area contributed by atoms with E-state index in [-0.39, 0.29) is 24.0 Å². The Morgan fingerprint density at radius 3 is 2.55 bits per heavy atom. The highest BCUT2D eigenvalue weighted by molar-refractivity contribution is 14.0. The summed E-state index contributed by atoms with van der Waals surface area (Å²) in [6.45, 7) is 6.39. The minimum absolute atomic E-state index is 0. The first kappa shape index (κ1) is 19.9. The summed E-state index contributed by atoms with van der Waals surface area (Å²) < 4.78 is 10.5. The third kappa shape index (κ3) is 8.26. The average Bonchev–Trinajstić information content (AvgIpc) is 3.19. The molecule has 0 aromatic rings. The van der Waals surface area contributed by atoms with Gasteiger partial charge in [-0.2, -0.15) is 0 Å². The lowest BCUT2D eigenvalue weighted by Gasteiger charge is -2.18. The molecule has 0 aromatic heterocycles. The van der Waals surface area contributed by atoms with Gasteiger partial charge in [-0.1, -0.05) is 0 Å². The highest BCUT2D eigenvalue weighted by Crippen LogP contribution is 2.48. The van der Waals surface area contributed by atoms with E-state index in [2.05, 4.69) is 15.6 Å². The molecule has 5 nitrogen and oxygen atoms in total. The lowest BCUT2D eigenvalue weighted by molar-refractivity contribution is 0.128. The van der Waals surface area contributed by atoms with Gasteiger partial charge in [-0.05, 0) is 38.0 Å². The number of ether oxygens (including phenoxy) is 2. The predicted molar refractivity (Wildman–Crippen MR) is 94.0 cm³/mol. The quantitative estimate of drug-likeness (QED) is 0.256. The molecule has 1 aliphatic carbocycles. The van der Waals surface area contributed by atoms with Crippen molar-refractivity contribution in [2.45, 2.75) is 32.6 Å². The summed E-state index contributed by atoms with van der Waals surface area (Å²) in [7, 11) is 3.54. The molecule has 6 heteroatoms. The normalized spacial score (nSPS) is 16.4. The van der Waals surface area contributed by atoms with Gasteiger partial charge in [0.05, 0.1) is 0 Å². The lowest BCUT2D eigenvalue weighted by Crippen LogP contribution is -2.41. The molecule has 0 aliphatic heterocycles. The Hall–Kier alpha value is -0.0800. The van der Waals surface area contributed by atoms with Gasteiger partial charge in [0.1, 0.15) is 0 Å². The average molecular weight is 399 g/mol. The summed E-state index contributed by atoms with van der Waals surface area (Å²) in [5.74, 6) is 0.888. The standard InChI is InChI=1S/C14H29N3O2.HI/c1-4-19-11-8-14(6-7-14)12-17-13(15-2)16-9-5-10-18-3;/h4-12H2,1-3H3,(H2,15,16,17);1H. The molecule has 0 spiro atoms. The van der Waals surface area contributed by atoms with Crippen LogP contribution in [0.3, 0.4) is 0 Å². The topological polar surface area (TPSA) is 54.9 Å². The largest absolute Gasteiger partial charge is 0.385 e. The van der Waals surface area contributed by atoms with Crippen LogP contribution in [0.25, 0.3) is 0 Å². The highest BCUT2D eigenvalue weighted by Gasteiger charge is 2.41. The molecule has 2 N–H and O–H groups in total. The van der Waals surface area contributed by atoms with Crippen LogP contribution in [0.2, 0.25) is 0 Å². The first-order valence-electron chi connectivity index (χ1n) is 7.27. The number of halogens is 1. The van der Waals surface area contributed by atoms with Gasteiger partial charge in [0.25, 0.3) is 0 Å². The van der Waals surface area contributed by atoms with Crippen molar-refractivity contribution < 1.29 is 9.47 Å². The second kappa shape index (κ2) is 11.6. The summed E-state index contributed by atoms with van der Waals surface area (Å²) >= 11 is 0. The SMILES string of the molecule is CCOCCC1(CNC(=NC)NCCCOC)CC1.I. The van der Waals surface area contributed by atoms with Crippen molar-refractivity contribution in [3.63, 3.8) is 0 Å².